The van der Waals surface area contributed by atoms with Crippen molar-refractivity contribution in [3.05, 3.63) is 29.8 Å². The highest BCUT2D eigenvalue weighted by molar-refractivity contribution is 5.93. The van der Waals surface area contributed by atoms with Gasteiger partial charge in [0.15, 0.2) is 0 Å². The van der Waals surface area contributed by atoms with Crippen molar-refractivity contribution in [1.82, 2.24) is 4.90 Å². The number of hydrogen-bond acceptors (Lipinski definition) is 3. The molecule has 2 aliphatic rings. The van der Waals surface area contributed by atoms with E-state index in [1.165, 1.54) is 51.4 Å². The molecule has 162 valence electrons. The Labute approximate surface area is 177 Å². The first-order valence-corrected chi connectivity index (χ1v) is 11.4. The van der Waals surface area contributed by atoms with Crippen LogP contribution in [-0.2, 0) is 4.74 Å². The first-order chi connectivity index (χ1) is 13.8. The second-order valence-corrected chi connectivity index (χ2v) is 10.1. The van der Waals surface area contributed by atoms with Crippen molar-refractivity contribution in [2.45, 2.75) is 77.2 Å². The lowest BCUT2D eigenvalue weighted by molar-refractivity contribution is 0.0268. The van der Waals surface area contributed by atoms with Crippen LogP contribution in [0.1, 0.15) is 82.0 Å². The largest absolute Gasteiger partial charge is 0.494 e. The molecule has 4 heteroatoms. The van der Waals surface area contributed by atoms with Crippen molar-refractivity contribution in [2.75, 3.05) is 27.3 Å². The van der Waals surface area contributed by atoms with Crippen molar-refractivity contribution in [3.63, 3.8) is 0 Å². The summed E-state index contributed by atoms with van der Waals surface area (Å²) in [5.74, 6) is 1.78. The number of amides is 1. The van der Waals surface area contributed by atoms with E-state index in [0.717, 1.165) is 31.3 Å². The molecule has 0 unspecified atom stereocenters. The fourth-order valence-electron chi connectivity index (χ4n) is 5.11. The molecule has 4 nitrogen and oxygen atoms in total. The lowest BCUT2D eigenvalue weighted by atomic mass is 9.67. The number of carbonyl (C=O) groups is 1. The highest BCUT2D eigenvalue weighted by Crippen LogP contribution is 2.50. The lowest BCUT2D eigenvalue weighted by Gasteiger charge is -2.36. The minimum Gasteiger partial charge on any atom is -0.494 e. The van der Waals surface area contributed by atoms with Gasteiger partial charge in [-0.3, -0.25) is 4.79 Å². The summed E-state index contributed by atoms with van der Waals surface area (Å²) in [7, 11) is 3.53. The number of ether oxygens (including phenoxy) is 2. The van der Waals surface area contributed by atoms with E-state index in [-0.39, 0.29) is 11.5 Å². The van der Waals surface area contributed by atoms with Crippen molar-refractivity contribution in [2.24, 2.45) is 11.3 Å². The molecule has 1 saturated heterocycles. The van der Waals surface area contributed by atoms with E-state index in [9.17, 15) is 4.79 Å². The third kappa shape index (κ3) is 6.21. The minimum atomic E-state index is 0.0225. The molecule has 1 saturated carbocycles. The summed E-state index contributed by atoms with van der Waals surface area (Å²) < 4.78 is 11.9. The average molecular weight is 402 g/mol. The number of unbranched alkanes of at least 4 members (excludes halogenated alkanes) is 2. The maximum atomic E-state index is 11.9. The molecule has 0 bridgehead atoms. The smallest absolute Gasteiger partial charge is 0.253 e. The molecular weight excluding hydrogens is 362 g/mol. The predicted octanol–water partition coefficient (Wildman–Crippen LogP) is 5.70. The van der Waals surface area contributed by atoms with Gasteiger partial charge in [-0.15, -0.1) is 0 Å². The van der Waals surface area contributed by atoms with E-state index in [0.29, 0.717) is 11.0 Å². The summed E-state index contributed by atoms with van der Waals surface area (Å²) in [6, 6.07) is 7.46. The fourth-order valence-corrected chi connectivity index (χ4v) is 5.11. The topological polar surface area (TPSA) is 38.8 Å². The van der Waals surface area contributed by atoms with Gasteiger partial charge < -0.3 is 14.4 Å². The van der Waals surface area contributed by atoms with Crippen LogP contribution in [0.2, 0.25) is 0 Å². The van der Waals surface area contributed by atoms with Gasteiger partial charge in [-0.1, -0.05) is 19.3 Å². The zero-order chi connectivity index (χ0) is 20.9. The van der Waals surface area contributed by atoms with Gasteiger partial charge in [0.2, 0.25) is 0 Å². The van der Waals surface area contributed by atoms with Gasteiger partial charge >= 0.3 is 0 Å². The van der Waals surface area contributed by atoms with E-state index >= 15 is 0 Å². The van der Waals surface area contributed by atoms with E-state index < -0.39 is 0 Å². The summed E-state index contributed by atoms with van der Waals surface area (Å²) in [5, 5.41) is 0. The van der Waals surface area contributed by atoms with Gasteiger partial charge in [-0.2, -0.15) is 0 Å². The van der Waals surface area contributed by atoms with E-state index in [4.69, 9.17) is 9.47 Å². The monoisotopic (exact) mass is 401 g/mol. The number of hydrogen-bond donors (Lipinski definition) is 0. The van der Waals surface area contributed by atoms with Crippen molar-refractivity contribution in [3.8, 4) is 5.75 Å². The molecule has 0 aromatic heterocycles. The van der Waals surface area contributed by atoms with Crippen molar-refractivity contribution < 1.29 is 14.3 Å². The van der Waals surface area contributed by atoms with Gasteiger partial charge in [-0.05, 0) is 88.0 Å². The lowest BCUT2D eigenvalue weighted by Crippen LogP contribution is -2.29. The summed E-state index contributed by atoms with van der Waals surface area (Å²) >= 11 is 0. The predicted molar refractivity (Wildman–Crippen MR) is 117 cm³/mol. The highest BCUT2D eigenvalue weighted by atomic mass is 16.5. The number of benzene rings is 1. The third-order valence-corrected chi connectivity index (χ3v) is 6.77. The molecule has 2 fully saturated rings. The Morgan fingerprint density at radius 1 is 1.10 bits per heavy atom. The molecule has 29 heavy (non-hydrogen) atoms. The van der Waals surface area contributed by atoms with Crippen LogP contribution in [0.4, 0.5) is 0 Å². The quantitative estimate of drug-likeness (QED) is 0.524. The Balaban J connectivity index is 1.26. The summed E-state index contributed by atoms with van der Waals surface area (Å²) in [6.07, 6.45) is 11.7. The van der Waals surface area contributed by atoms with Crippen LogP contribution in [0, 0.1) is 11.3 Å². The second-order valence-electron chi connectivity index (χ2n) is 10.1. The molecule has 1 aromatic rings. The Morgan fingerprint density at radius 2 is 1.79 bits per heavy atom. The first-order valence-electron chi connectivity index (χ1n) is 11.4. The maximum Gasteiger partial charge on any atom is 0.253 e. The van der Waals surface area contributed by atoms with Gasteiger partial charge in [0.1, 0.15) is 5.75 Å². The van der Waals surface area contributed by atoms with Crippen LogP contribution in [0.15, 0.2) is 24.3 Å². The molecule has 0 atom stereocenters. The zero-order valence-corrected chi connectivity index (χ0v) is 18.8. The van der Waals surface area contributed by atoms with Crippen molar-refractivity contribution >= 4 is 5.91 Å². The Morgan fingerprint density at radius 3 is 2.38 bits per heavy atom. The van der Waals surface area contributed by atoms with Crippen LogP contribution in [0.3, 0.4) is 0 Å². The summed E-state index contributed by atoms with van der Waals surface area (Å²) in [5.41, 5.74) is 1.28. The van der Waals surface area contributed by atoms with Gasteiger partial charge in [0.25, 0.3) is 5.91 Å². The minimum absolute atomic E-state index is 0.0225. The molecule has 1 spiro atoms. The van der Waals surface area contributed by atoms with Crippen LogP contribution in [-0.4, -0.2) is 43.7 Å². The van der Waals surface area contributed by atoms with Crippen molar-refractivity contribution in [1.29, 1.82) is 0 Å². The molecule has 0 radical (unpaired) electrons. The SMILES string of the molecule is CN(C)C(=O)c1ccc(OCCCCCC2CCC3(CC2)COC(C)(C)C3)cc1. The van der Waals surface area contributed by atoms with Crippen LogP contribution in [0.25, 0.3) is 0 Å². The number of nitrogens with zero attached hydrogens (tertiary/aromatic N) is 1. The Bertz CT molecular complexity index is 657. The number of carbonyl (C=O) groups excluding carboxylic acids is 1. The normalized spacial score (nSPS) is 25.9. The Hall–Kier alpha value is -1.55. The molecule has 1 aliphatic heterocycles. The van der Waals surface area contributed by atoms with Gasteiger partial charge in [0.05, 0.1) is 18.8 Å². The van der Waals surface area contributed by atoms with Crippen LogP contribution in [0.5, 0.6) is 5.75 Å². The Kier molecular flexibility index (Phi) is 7.26. The van der Waals surface area contributed by atoms with Gasteiger partial charge in [-0.25, -0.2) is 0 Å². The third-order valence-electron chi connectivity index (χ3n) is 6.77. The number of rotatable bonds is 8. The highest BCUT2D eigenvalue weighted by Gasteiger charge is 2.45. The fraction of sp³-hybridized carbons (Fsp3) is 0.720. The molecule has 1 aliphatic carbocycles. The maximum absolute atomic E-state index is 11.9. The molecule has 3 rings (SSSR count). The average Bonchev–Trinajstić information content (AvgIpc) is 3.00. The standard InChI is InChI=1S/C25H39NO3/c1-24(2)18-25(19-29-24)15-13-20(14-16-25)8-6-5-7-17-28-22-11-9-21(10-12-22)23(27)26(3)4/h9-12,20H,5-8,13-19H2,1-4H3. The molecule has 0 N–H and O–H groups in total. The first kappa shape index (κ1) is 22.1. The molecule has 1 aromatic carbocycles. The summed E-state index contributed by atoms with van der Waals surface area (Å²) in [4.78, 5) is 13.5. The second kappa shape index (κ2) is 9.51. The zero-order valence-electron chi connectivity index (χ0n) is 18.8. The van der Waals surface area contributed by atoms with E-state index in [2.05, 4.69) is 13.8 Å². The van der Waals surface area contributed by atoms with Crippen LogP contribution >= 0.6 is 0 Å². The molecule has 1 heterocycles. The molecular formula is C25H39NO3. The van der Waals surface area contributed by atoms with Crippen LogP contribution < -0.4 is 4.74 Å². The van der Waals surface area contributed by atoms with E-state index in [1.54, 1.807) is 19.0 Å². The molecule has 1 amide bonds. The van der Waals surface area contributed by atoms with Gasteiger partial charge in [0, 0.05) is 19.7 Å². The van der Waals surface area contributed by atoms with E-state index in [1.807, 2.05) is 24.3 Å². The summed E-state index contributed by atoms with van der Waals surface area (Å²) in [6.45, 7) is 6.22.